The van der Waals surface area contributed by atoms with Gasteiger partial charge in [-0.3, -0.25) is 0 Å². The minimum Gasteiger partial charge on any atom is -0.699 e. The quantitative estimate of drug-likeness (QED) is 0.251. The molecule has 0 unspecified atom stereocenters. The van der Waals surface area contributed by atoms with E-state index in [2.05, 4.69) is 0 Å². The van der Waals surface area contributed by atoms with Crippen molar-refractivity contribution in [3.8, 4) is 0 Å². The third-order valence-electron chi connectivity index (χ3n) is 3.10. The Bertz CT molecular complexity index is 693. The predicted molar refractivity (Wildman–Crippen MR) is 122 cm³/mol. The van der Waals surface area contributed by atoms with Crippen LogP contribution in [0.1, 0.15) is 0 Å². The Morgan fingerprint density at radius 1 is 0.276 bits per heavy atom. The topological polar surface area (TPSA) is 95.2 Å². The maximum atomic E-state index is 7.00. The minimum atomic E-state index is 0. The summed E-state index contributed by atoms with van der Waals surface area (Å²) < 4.78 is 0. The summed E-state index contributed by atoms with van der Waals surface area (Å²) in [6.45, 7) is 0. The molecule has 0 aliphatic heterocycles. The Kier molecular flexibility index (Phi) is 14.8. The van der Waals surface area contributed by atoms with Crippen LogP contribution in [0.5, 0.6) is 0 Å². The van der Waals surface area contributed by atoms with Gasteiger partial charge in [0, 0.05) is 0 Å². The van der Waals surface area contributed by atoms with Crippen molar-refractivity contribution < 1.29 is 17.1 Å². The molecule has 0 aromatic heterocycles. The first-order valence-corrected chi connectivity index (χ1v) is 8.64. The van der Waals surface area contributed by atoms with Gasteiger partial charge in [-0.05, 0) is 0 Å². The summed E-state index contributed by atoms with van der Waals surface area (Å²) >= 11 is 0. The number of hydrogen-bond donors (Lipinski definition) is 0. The molecule has 4 aromatic carbocycles. The first-order chi connectivity index (χ1) is 13.6. The van der Waals surface area contributed by atoms with Crippen molar-refractivity contribution in [1.82, 2.24) is 0 Å². The van der Waals surface area contributed by atoms with Gasteiger partial charge in [0.1, 0.15) is 0 Å². The number of rotatable bonds is 0. The molecule has 4 rings (SSSR count). The average Bonchev–Trinajstić information content (AvgIpc) is 2.72. The van der Waals surface area contributed by atoms with Crippen LogP contribution in [-0.2, 0) is 17.1 Å². The number of hydrogen-bond acceptors (Lipinski definition) is 0. The zero-order valence-electron chi connectivity index (χ0n) is 15.9. The second-order valence-corrected chi connectivity index (χ2v) is 5.46. The van der Waals surface area contributed by atoms with Crippen LogP contribution in [0.3, 0.4) is 0 Å². The fourth-order valence-corrected chi connectivity index (χ4v) is 1.75. The Labute approximate surface area is 184 Å². The molecule has 0 bridgehead atoms. The van der Waals surface area contributed by atoms with Crippen molar-refractivity contribution in [2.45, 2.75) is 0 Å². The van der Waals surface area contributed by atoms with E-state index < -0.39 is 0 Å². The maximum Gasteiger partial charge on any atom is 4.00 e. The van der Waals surface area contributed by atoms with Crippen LogP contribution in [0.15, 0.2) is 121 Å². The van der Waals surface area contributed by atoms with Crippen LogP contribution in [0, 0.1) is 0 Å². The van der Waals surface area contributed by atoms with Gasteiger partial charge in [0.2, 0.25) is 0 Å². The van der Waals surface area contributed by atoms with Crippen molar-refractivity contribution in [2.24, 2.45) is 0 Å². The van der Waals surface area contributed by atoms with Crippen LogP contribution in [0.4, 0.5) is 22.7 Å². The van der Waals surface area contributed by atoms with Crippen molar-refractivity contribution in [2.75, 3.05) is 0 Å². The van der Waals surface area contributed by atoms with Crippen LogP contribution < -0.4 is 0 Å². The van der Waals surface area contributed by atoms with E-state index in [0.717, 1.165) is 0 Å². The van der Waals surface area contributed by atoms with E-state index in [1.807, 2.05) is 72.8 Å². The van der Waals surface area contributed by atoms with Crippen LogP contribution in [0.25, 0.3) is 22.9 Å². The van der Waals surface area contributed by atoms with E-state index in [1.54, 1.807) is 48.5 Å². The molecule has 0 fully saturated rings. The SMILES string of the molecule is [Fe+4].[NH-]c1ccccc1.[NH-]c1ccccc1.[NH-]c1ccccc1.[NH-]c1ccccc1. The van der Waals surface area contributed by atoms with Gasteiger partial charge >= 0.3 is 17.1 Å². The van der Waals surface area contributed by atoms with E-state index >= 15 is 0 Å². The van der Waals surface area contributed by atoms with E-state index in [9.17, 15) is 0 Å². The Morgan fingerprint density at radius 2 is 0.414 bits per heavy atom. The minimum absolute atomic E-state index is 0. The summed E-state index contributed by atoms with van der Waals surface area (Å²) in [6, 6.07) is 36.4. The monoisotopic (exact) mass is 424 g/mol. The largest absolute Gasteiger partial charge is 4.00 e. The van der Waals surface area contributed by atoms with Crippen LogP contribution >= 0.6 is 0 Å². The van der Waals surface area contributed by atoms with Crippen molar-refractivity contribution in [1.29, 1.82) is 0 Å². The normalized spacial score (nSPS) is 8.28. The molecule has 4 aromatic rings. The summed E-state index contributed by atoms with van der Waals surface area (Å²) in [5.41, 5.74) is 30.3. The van der Waals surface area contributed by atoms with Gasteiger partial charge in [0.15, 0.2) is 0 Å². The van der Waals surface area contributed by atoms with Crippen LogP contribution in [-0.4, -0.2) is 0 Å². The summed E-state index contributed by atoms with van der Waals surface area (Å²) in [6.07, 6.45) is 0. The Morgan fingerprint density at radius 3 is 0.483 bits per heavy atom. The second-order valence-electron chi connectivity index (χ2n) is 5.46. The first-order valence-electron chi connectivity index (χ1n) is 8.64. The average molecular weight is 424 g/mol. The van der Waals surface area contributed by atoms with Gasteiger partial charge in [-0.1, -0.05) is 121 Å². The molecule has 0 atom stereocenters. The molecule has 0 aliphatic carbocycles. The fraction of sp³-hybridized carbons (Fsp3) is 0. The summed E-state index contributed by atoms with van der Waals surface area (Å²) in [4.78, 5) is 0. The number of nitrogens with one attached hydrogen (secondary N) is 4. The second kappa shape index (κ2) is 16.7. The van der Waals surface area contributed by atoms with Gasteiger partial charge in [0.25, 0.3) is 0 Å². The zero-order valence-corrected chi connectivity index (χ0v) is 17.0. The van der Waals surface area contributed by atoms with Crippen molar-refractivity contribution in [3.63, 3.8) is 0 Å². The standard InChI is InChI=1S/4C6H6N.Fe/c4*7-6-4-2-1-3-5-6;/h4*1-5,7H;/q4*-1;+4. The molecule has 0 radical (unpaired) electrons. The zero-order chi connectivity index (χ0) is 20.5. The third kappa shape index (κ3) is 15.4. The van der Waals surface area contributed by atoms with Gasteiger partial charge in [-0.2, -0.15) is 0 Å². The molecule has 29 heavy (non-hydrogen) atoms. The molecule has 148 valence electrons. The molecular formula is C24H24FeN4. The summed E-state index contributed by atoms with van der Waals surface area (Å²) in [7, 11) is 0. The fourth-order valence-electron chi connectivity index (χ4n) is 1.75. The smallest absolute Gasteiger partial charge is 0.699 e. The van der Waals surface area contributed by atoms with Crippen LogP contribution in [0.2, 0.25) is 0 Å². The molecule has 0 saturated heterocycles. The van der Waals surface area contributed by atoms with Gasteiger partial charge in [-0.25, -0.2) is 0 Å². The van der Waals surface area contributed by atoms with Crippen molar-refractivity contribution in [3.05, 3.63) is 144 Å². The first kappa shape index (κ1) is 25.6. The molecule has 4 nitrogen and oxygen atoms in total. The molecule has 5 heteroatoms. The van der Waals surface area contributed by atoms with E-state index in [4.69, 9.17) is 22.9 Å². The van der Waals surface area contributed by atoms with E-state index in [0.29, 0.717) is 22.7 Å². The van der Waals surface area contributed by atoms with Gasteiger partial charge in [0.05, 0.1) is 0 Å². The Hall–Kier alpha value is -3.40. The van der Waals surface area contributed by atoms with E-state index in [-0.39, 0.29) is 17.1 Å². The molecule has 4 N–H and O–H groups in total. The molecule has 0 spiro atoms. The van der Waals surface area contributed by atoms with Crippen molar-refractivity contribution >= 4 is 22.7 Å². The number of benzene rings is 4. The summed E-state index contributed by atoms with van der Waals surface area (Å²) in [5, 5.41) is 0. The van der Waals surface area contributed by atoms with Gasteiger partial charge < -0.3 is 22.9 Å². The molecule has 0 aliphatic rings. The maximum absolute atomic E-state index is 7.00. The Balaban J connectivity index is 0.000000356. The van der Waals surface area contributed by atoms with E-state index in [1.165, 1.54) is 0 Å². The predicted octanol–water partition coefficient (Wildman–Crippen LogP) is 9.48. The molecule has 0 amide bonds. The third-order valence-corrected chi connectivity index (χ3v) is 3.10. The summed E-state index contributed by atoms with van der Waals surface area (Å²) in [5.74, 6) is 0. The molecule has 0 saturated carbocycles. The molecule has 0 heterocycles. The molecular weight excluding hydrogens is 400 g/mol. The van der Waals surface area contributed by atoms with Gasteiger partial charge in [-0.15, -0.1) is 22.7 Å².